The highest BCUT2D eigenvalue weighted by atomic mass is 35.5. The average Bonchev–Trinajstić information content (AvgIpc) is 2.21. The molecule has 0 atom stereocenters. The van der Waals surface area contributed by atoms with E-state index in [9.17, 15) is 4.79 Å². The lowest BCUT2D eigenvalue weighted by atomic mass is 10.4. The van der Waals surface area contributed by atoms with Crippen LogP contribution >= 0.6 is 23.4 Å². The van der Waals surface area contributed by atoms with Crippen LogP contribution in [0.4, 0.5) is 11.5 Å². The fourth-order valence-corrected chi connectivity index (χ4v) is 2.15. The number of nitrogens with zero attached hydrogens (tertiary/aromatic N) is 2. The maximum Gasteiger partial charge on any atom is 0.253 e. The third kappa shape index (κ3) is 2.89. The minimum Gasteiger partial charge on any atom is -0.397 e. The minimum atomic E-state index is -0.327. The molecule has 0 fully saturated rings. The van der Waals surface area contributed by atoms with E-state index in [1.807, 2.05) is 0 Å². The number of aromatic nitrogens is 3. The van der Waals surface area contributed by atoms with E-state index in [1.165, 1.54) is 12.3 Å². The summed E-state index contributed by atoms with van der Waals surface area (Å²) in [5, 5.41) is 1.21. The second kappa shape index (κ2) is 4.64. The molecule has 8 heteroatoms. The first-order valence-corrected chi connectivity index (χ1v) is 5.70. The third-order valence-corrected chi connectivity index (χ3v) is 3.07. The summed E-state index contributed by atoms with van der Waals surface area (Å²) in [4.78, 5) is 21.7. The van der Waals surface area contributed by atoms with Gasteiger partial charge in [0.25, 0.3) is 5.56 Å². The predicted octanol–water partition coefficient (Wildman–Crippen LogP) is 1.13. The molecule has 0 aliphatic carbocycles. The largest absolute Gasteiger partial charge is 0.397 e. The number of pyridine rings is 1. The number of hydrogen-bond donors (Lipinski definition) is 3. The van der Waals surface area contributed by atoms with E-state index in [4.69, 9.17) is 23.1 Å². The van der Waals surface area contributed by atoms with Crippen molar-refractivity contribution in [3.8, 4) is 0 Å². The Bertz CT molecular complexity index is 615. The van der Waals surface area contributed by atoms with Crippen molar-refractivity contribution in [3.05, 3.63) is 33.7 Å². The molecule has 5 N–H and O–H groups in total. The summed E-state index contributed by atoms with van der Waals surface area (Å²) in [5.74, 6) is 0.141. The summed E-state index contributed by atoms with van der Waals surface area (Å²) in [6.07, 6.45) is 1.47. The van der Waals surface area contributed by atoms with Gasteiger partial charge in [-0.1, -0.05) is 11.6 Å². The second-order valence-electron chi connectivity index (χ2n) is 3.13. The summed E-state index contributed by atoms with van der Waals surface area (Å²) in [7, 11) is 0. The molecule has 17 heavy (non-hydrogen) atoms. The van der Waals surface area contributed by atoms with Crippen LogP contribution in [-0.4, -0.2) is 15.0 Å². The molecule has 2 rings (SSSR count). The van der Waals surface area contributed by atoms with Crippen LogP contribution in [0.1, 0.15) is 0 Å². The topological polar surface area (TPSA) is 111 Å². The van der Waals surface area contributed by atoms with Gasteiger partial charge in [-0.25, -0.2) is 9.97 Å². The fourth-order valence-electron chi connectivity index (χ4n) is 1.11. The fraction of sp³-hybridized carbons (Fsp3) is 0. The Morgan fingerprint density at radius 2 is 2.12 bits per heavy atom. The van der Waals surface area contributed by atoms with E-state index in [2.05, 4.69) is 15.0 Å². The summed E-state index contributed by atoms with van der Waals surface area (Å²) in [5.41, 5.74) is 11.1. The summed E-state index contributed by atoms with van der Waals surface area (Å²) >= 11 is 7.05. The van der Waals surface area contributed by atoms with E-state index in [0.717, 1.165) is 11.8 Å². The van der Waals surface area contributed by atoms with E-state index < -0.39 is 0 Å². The molecular formula is C9H8ClN5OS. The number of nitrogens with two attached hydrogens (primary N) is 2. The number of halogens is 1. The van der Waals surface area contributed by atoms with Gasteiger partial charge in [-0.05, 0) is 17.8 Å². The Morgan fingerprint density at radius 3 is 2.76 bits per heavy atom. The zero-order chi connectivity index (χ0) is 12.4. The van der Waals surface area contributed by atoms with Gasteiger partial charge in [0.15, 0.2) is 5.16 Å². The zero-order valence-electron chi connectivity index (χ0n) is 8.48. The van der Waals surface area contributed by atoms with Crippen molar-refractivity contribution in [2.45, 2.75) is 10.2 Å². The first kappa shape index (κ1) is 11.7. The number of aromatic amines is 1. The van der Waals surface area contributed by atoms with E-state index in [1.54, 1.807) is 6.07 Å². The standard InChI is InChI=1S/C9H8ClN5OS/c10-5-1-4(11)3-13-8(5)17-9-14-6(12)2-7(16)15-9/h1-3H,11H2,(H3,12,14,15,16). The highest BCUT2D eigenvalue weighted by Crippen LogP contribution is 2.29. The Hall–Kier alpha value is -1.73. The number of rotatable bonds is 2. The maximum atomic E-state index is 11.2. The lowest BCUT2D eigenvalue weighted by molar-refractivity contribution is 0.940. The smallest absolute Gasteiger partial charge is 0.253 e. The number of hydrogen-bond acceptors (Lipinski definition) is 6. The Balaban J connectivity index is 2.34. The van der Waals surface area contributed by atoms with Gasteiger partial charge in [-0.15, -0.1) is 0 Å². The number of anilines is 2. The summed E-state index contributed by atoms with van der Waals surface area (Å²) < 4.78 is 0. The van der Waals surface area contributed by atoms with E-state index in [0.29, 0.717) is 20.9 Å². The van der Waals surface area contributed by atoms with Crippen molar-refractivity contribution < 1.29 is 0 Å². The van der Waals surface area contributed by atoms with Crippen LogP contribution in [0.3, 0.4) is 0 Å². The molecule has 0 aromatic carbocycles. The van der Waals surface area contributed by atoms with Gasteiger partial charge in [0.1, 0.15) is 10.8 Å². The number of nitrogen functional groups attached to an aromatic ring is 2. The van der Waals surface area contributed by atoms with Crippen LogP contribution in [-0.2, 0) is 0 Å². The molecule has 0 bridgehead atoms. The van der Waals surface area contributed by atoms with Crippen LogP contribution in [0.2, 0.25) is 5.02 Å². The molecule has 0 saturated heterocycles. The molecule has 2 aromatic rings. The van der Waals surface area contributed by atoms with Crippen molar-refractivity contribution in [1.82, 2.24) is 15.0 Å². The molecule has 0 aliphatic rings. The van der Waals surface area contributed by atoms with Crippen LogP contribution in [0, 0.1) is 0 Å². The summed E-state index contributed by atoms with van der Waals surface area (Å²) in [6, 6.07) is 2.77. The van der Waals surface area contributed by atoms with Crippen molar-refractivity contribution in [2.24, 2.45) is 0 Å². The van der Waals surface area contributed by atoms with Crippen molar-refractivity contribution in [3.63, 3.8) is 0 Å². The maximum absolute atomic E-state index is 11.2. The molecule has 0 radical (unpaired) electrons. The van der Waals surface area contributed by atoms with Crippen LogP contribution in [0.25, 0.3) is 0 Å². The quantitative estimate of drug-likeness (QED) is 0.705. The normalized spacial score (nSPS) is 10.4. The van der Waals surface area contributed by atoms with Crippen molar-refractivity contribution in [2.75, 3.05) is 11.5 Å². The van der Waals surface area contributed by atoms with Crippen LogP contribution in [0.5, 0.6) is 0 Å². The van der Waals surface area contributed by atoms with E-state index >= 15 is 0 Å². The highest BCUT2D eigenvalue weighted by Gasteiger charge is 2.07. The van der Waals surface area contributed by atoms with Crippen molar-refractivity contribution >= 4 is 34.9 Å². The molecule has 0 aliphatic heterocycles. The number of nitrogens with one attached hydrogen (secondary N) is 1. The van der Waals surface area contributed by atoms with Gasteiger partial charge in [0.05, 0.1) is 16.9 Å². The zero-order valence-corrected chi connectivity index (χ0v) is 10.0. The van der Waals surface area contributed by atoms with Gasteiger partial charge >= 0.3 is 0 Å². The molecular weight excluding hydrogens is 262 g/mol. The lowest BCUT2D eigenvalue weighted by Crippen LogP contribution is -2.09. The Labute approximate surface area is 105 Å². The lowest BCUT2D eigenvalue weighted by Gasteiger charge is -2.03. The molecule has 2 heterocycles. The van der Waals surface area contributed by atoms with Gasteiger partial charge in [0.2, 0.25) is 0 Å². The first-order valence-electron chi connectivity index (χ1n) is 4.50. The van der Waals surface area contributed by atoms with Crippen molar-refractivity contribution in [1.29, 1.82) is 0 Å². The highest BCUT2D eigenvalue weighted by molar-refractivity contribution is 7.99. The van der Waals surface area contributed by atoms with Gasteiger partial charge in [0, 0.05) is 6.07 Å². The van der Waals surface area contributed by atoms with Gasteiger partial charge in [-0.2, -0.15) is 0 Å². The molecule has 6 nitrogen and oxygen atoms in total. The average molecular weight is 270 g/mol. The molecule has 2 aromatic heterocycles. The number of H-pyrrole nitrogens is 1. The molecule has 0 unspecified atom stereocenters. The minimum absolute atomic E-state index is 0.141. The third-order valence-electron chi connectivity index (χ3n) is 1.76. The molecule has 88 valence electrons. The molecule has 0 amide bonds. The molecule has 0 spiro atoms. The second-order valence-corrected chi connectivity index (χ2v) is 4.52. The van der Waals surface area contributed by atoms with Gasteiger partial charge in [-0.3, -0.25) is 4.79 Å². The Morgan fingerprint density at radius 1 is 1.35 bits per heavy atom. The SMILES string of the molecule is Nc1cnc(Sc2nc(N)cc(=O)[nH]2)c(Cl)c1. The monoisotopic (exact) mass is 269 g/mol. The van der Waals surface area contributed by atoms with E-state index in [-0.39, 0.29) is 11.4 Å². The summed E-state index contributed by atoms with van der Waals surface area (Å²) in [6.45, 7) is 0. The van der Waals surface area contributed by atoms with Gasteiger partial charge < -0.3 is 16.5 Å². The Kier molecular flexibility index (Phi) is 3.21. The first-order chi connectivity index (χ1) is 8.04. The van der Waals surface area contributed by atoms with Crippen LogP contribution < -0.4 is 17.0 Å². The molecule has 0 saturated carbocycles. The van der Waals surface area contributed by atoms with Crippen LogP contribution in [0.15, 0.2) is 33.3 Å². The predicted molar refractivity (Wildman–Crippen MR) is 67.1 cm³/mol.